The molecule has 0 saturated carbocycles. The van der Waals surface area contributed by atoms with Gasteiger partial charge in [-0.25, -0.2) is 0 Å². The van der Waals surface area contributed by atoms with E-state index >= 15 is 0 Å². The van der Waals surface area contributed by atoms with Crippen molar-refractivity contribution >= 4 is 23.6 Å². The zero-order valence-electron chi connectivity index (χ0n) is 14.5. The van der Waals surface area contributed by atoms with Crippen LogP contribution in [-0.4, -0.2) is 25.9 Å². The zero-order valence-corrected chi connectivity index (χ0v) is 16.2. The van der Waals surface area contributed by atoms with Gasteiger partial charge < -0.3 is 4.90 Å². The molecular weight excluding hydrogens is 362 g/mol. The molecule has 1 fully saturated rings. The second-order valence-electron chi connectivity index (χ2n) is 6.52. The van der Waals surface area contributed by atoms with E-state index < -0.39 is 0 Å². The van der Waals surface area contributed by atoms with Crippen LogP contribution in [0.5, 0.6) is 0 Å². The van der Waals surface area contributed by atoms with E-state index in [1.165, 1.54) is 22.6 Å². The molecule has 0 aliphatic carbocycles. The van der Waals surface area contributed by atoms with Crippen molar-refractivity contribution in [1.82, 2.24) is 19.3 Å². The average Bonchev–Trinajstić information content (AvgIpc) is 3.39. The second-order valence-corrected chi connectivity index (χ2v) is 7.87. The molecule has 1 aliphatic heterocycles. The summed E-state index contributed by atoms with van der Waals surface area (Å²) < 4.78 is 4.75. The van der Waals surface area contributed by atoms with Crippen LogP contribution in [0.2, 0.25) is 0 Å². The molecule has 3 aromatic rings. The molecule has 7 heteroatoms. The molecule has 1 unspecified atom stereocenters. The Balaban J connectivity index is 1.67. The number of aromatic nitrogens is 4. The molecule has 1 saturated heterocycles. The Labute approximate surface area is 162 Å². The van der Waals surface area contributed by atoms with E-state index in [1.54, 1.807) is 6.20 Å². The van der Waals surface area contributed by atoms with Crippen molar-refractivity contribution in [1.29, 1.82) is 0 Å². The van der Waals surface area contributed by atoms with Gasteiger partial charge in [0.15, 0.2) is 12.5 Å². The maximum Gasteiger partial charge on any atom is 0.203 e. The number of likely N-dealkylation sites (tertiary alicyclic amines) is 1. The summed E-state index contributed by atoms with van der Waals surface area (Å²) in [5.41, 5.74) is 0.977. The fourth-order valence-corrected chi connectivity index (χ4v) is 4.86. The molecule has 26 heavy (non-hydrogen) atoms. The molecule has 4 rings (SSSR count). The summed E-state index contributed by atoms with van der Waals surface area (Å²) in [6.45, 7) is 6.46. The van der Waals surface area contributed by atoms with Gasteiger partial charge in [0.25, 0.3) is 0 Å². The van der Waals surface area contributed by atoms with Gasteiger partial charge in [-0.1, -0.05) is 12.1 Å². The summed E-state index contributed by atoms with van der Waals surface area (Å²) in [7, 11) is 0. The van der Waals surface area contributed by atoms with Gasteiger partial charge in [-0.05, 0) is 35.8 Å². The van der Waals surface area contributed by atoms with Crippen molar-refractivity contribution in [3.8, 4) is 11.4 Å². The summed E-state index contributed by atoms with van der Waals surface area (Å²) in [5.74, 6) is 0.856. The first-order valence-electron chi connectivity index (χ1n) is 8.85. The van der Waals surface area contributed by atoms with Crippen LogP contribution in [0.4, 0.5) is 0 Å². The Bertz CT molecular complexity index is 927. The van der Waals surface area contributed by atoms with Crippen molar-refractivity contribution in [2.24, 2.45) is 0 Å². The summed E-state index contributed by atoms with van der Waals surface area (Å²) >= 11 is 7.58. The normalized spacial score (nSPS) is 19.7. The molecule has 0 radical (unpaired) electrons. The first kappa shape index (κ1) is 17.3. The summed E-state index contributed by atoms with van der Waals surface area (Å²) in [5, 5.41) is 7.01. The van der Waals surface area contributed by atoms with Crippen LogP contribution in [0.25, 0.3) is 11.4 Å². The van der Waals surface area contributed by atoms with Gasteiger partial charge in [0.05, 0.1) is 11.4 Å². The van der Waals surface area contributed by atoms with Gasteiger partial charge in [0.2, 0.25) is 4.77 Å². The quantitative estimate of drug-likeness (QED) is 0.524. The van der Waals surface area contributed by atoms with Gasteiger partial charge in [0, 0.05) is 37.3 Å². The Hall–Kier alpha value is -2.09. The first-order valence-corrected chi connectivity index (χ1v) is 10.1. The average molecular weight is 385 g/mol. The number of thiophene rings is 1. The third kappa shape index (κ3) is 3.30. The molecule has 4 heterocycles. The molecule has 0 amide bonds. The van der Waals surface area contributed by atoms with Gasteiger partial charge in [0.1, 0.15) is 6.04 Å². The number of hydrogen-bond donors (Lipinski definition) is 1. The fraction of sp³-hybridized carbons (Fsp3) is 0.316. The van der Waals surface area contributed by atoms with Crippen molar-refractivity contribution < 1.29 is 4.90 Å². The van der Waals surface area contributed by atoms with Gasteiger partial charge in [-0.3, -0.25) is 9.55 Å². The van der Waals surface area contributed by atoms with Crippen molar-refractivity contribution in [3.05, 3.63) is 64.3 Å². The highest BCUT2D eigenvalue weighted by Gasteiger charge is 2.31. The lowest BCUT2D eigenvalue weighted by Gasteiger charge is -2.20. The van der Waals surface area contributed by atoms with E-state index in [2.05, 4.69) is 29.1 Å². The fourth-order valence-electron chi connectivity index (χ4n) is 3.67. The summed E-state index contributed by atoms with van der Waals surface area (Å²) in [6, 6.07) is 8.88. The number of hydrogen-bond acceptors (Lipinski definition) is 4. The van der Waals surface area contributed by atoms with Crippen LogP contribution in [0.15, 0.2) is 54.7 Å². The lowest BCUT2D eigenvalue weighted by atomic mass is 10.2. The van der Waals surface area contributed by atoms with E-state index in [9.17, 15) is 0 Å². The van der Waals surface area contributed by atoms with Gasteiger partial charge in [-0.2, -0.15) is 4.68 Å². The standard InChI is InChI=1S/C19H21N5S2/c1-2-10-23-18(15-6-3-9-20-13-15)21-24(19(23)25)14-22-11-4-7-16(22)17-8-5-12-26-17/h2-3,5-6,8-9,12-13,16H,1,4,7,10-11,14H2/p+1/t16-/m1/s1. The maximum absolute atomic E-state index is 5.74. The van der Waals surface area contributed by atoms with Crippen LogP contribution in [-0.2, 0) is 13.2 Å². The molecule has 134 valence electrons. The van der Waals surface area contributed by atoms with E-state index in [0.717, 1.165) is 29.4 Å². The van der Waals surface area contributed by atoms with Gasteiger partial charge >= 0.3 is 0 Å². The minimum Gasteiger partial charge on any atom is -0.309 e. The highest BCUT2D eigenvalue weighted by Crippen LogP contribution is 2.24. The Morgan fingerprint density at radius 3 is 3.04 bits per heavy atom. The van der Waals surface area contributed by atoms with Crippen LogP contribution < -0.4 is 4.90 Å². The number of nitrogens with zero attached hydrogens (tertiary/aromatic N) is 4. The largest absolute Gasteiger partial charge is 0.309 e. The molecule has 1 aliphatic rings. The second kappa shape index (κ2) is 7.65. The number of pyridine rings is 1. The maximum atomic E-state index is 5.74. The third-order valence-corrected chi connectivity index (χ3v) is 6.29. The van der Waals surface area contributed by atoms with E-state index in [4.69, 9.17) is 17.3 Å². The molecule has 5 nitrogen and oxygen atoms in total. The minimum atomic E-state index is 0.545. The third-order valence-electron chi connectivity index (χ3n) is 4.88. The molecular formula is C19H22N5S2+. The van der Waals surface area contributed by atoms with Crippen molar-refractivity contribution in [2.45, 2.75) is 32.1 Å². The smallest absolute Gasteiger partial charge is 0.203 e. The van der Waals surface area contributed by atoms with Gasteiger partial charge in [-0.15, -0.1) is 23.0 Å². The van der Waals surface area contributed by atoms with E-state index in [0.29, 0.717) is 12.6 Å². The molecule has 0 bridgehead atoms. The molecule has 3 aromatic heterocycles. The molecule has 0 spiro atoms. The number of rotatable bonds is 6. The van der Waals surface area contributed by atoms with E-state index in [1.807, 2.05) is 45.0 Å². The van der Waals surface area contributed by atoms with Crippen LogP contribution in [0.3, 0.4) is 0 Å². The Morgan fingerprint density at radius 1 is 1.38 bits per heavy atom. The summed E-state index contributed by atoms with van der Waals surface area (Å²) in [6.07, 6.45) is 7.93. The zero-order chi connectivity index (χ0) is 17.9. The Kier molecular flexibility index (Phi) is 5.10. The predicted molar refractivity (Wildman–Crippen MR) is 107 cm³/mol. The SMILES string of the molecule is C=CCn1c(-c2cccnc2)nn(C[NH+]2CCC[C@@H]2c2cccs2)c1=S. The molecule has 0 aromatic carbocycles. The highest BCUT2D eigenvalue weighted by atomic mass is 32.1. The van der Waals surface area contributed by atoms with E-state index in [-0.39, 0.29) is 0 Å². The number of quaternary nitrogens is 1. The van der Waals surface area contributed by atoms with Crippen molar-refractivity contribution in [3.63, 3.8) is 0 Å². The topological polar surface area (TPSA) is 40.1 Å². The number of nitrogens with one attached hydrogen (secondary N) is 1. The lowest BCUT2D eigenvalue weighted by molar-refractivity contribution is -0.941. The molecule has 2 atom stereocenters. The van der Waals surface area contributed by atoms with Crippen LogP contribution >= 0.6 is 23.6 Å². The predicted octanol–water partition coefficient (Wildman–Crippen LogP) is 3.10. The summed E-state index contributed by atoms with van der Waals surface area (Å²) in [4.78, 5) is 7.22. The van der Waals surface area contributed by atoms with Crippen LogP contribution in [0, 0.1) is 4.77 Å². The van der Waals surface area contributed by atoms with Crippen molar-refractivity contribution in [2.75, 3.05) is 6.54 Å². The lowest BCUT2D eigenvalue weighted by Crippen LogP contribution is -3.09. The highest BCUT2D eigenvalue weighted by molar-refractivity contribution is 7.71. The first-order chi connectivity index (χ1) is 12.8. The van der Waals surface area contributed by atoms with Crippen LogP contribution in [0.1, 0.15) is 23.8 Å². The monoisotopic (exact) mass is 384 g/mol. The molecule has 1 N–H and O–H groups in total. The minimum absolute atomic E-state index is 0.545. The Morgan fingerprint density at radius 2 is 2.31 bits per heavy atom. The number of allylic oxidation sites excluding steroid dienone is 1.